The molecular weight excluding hydrogens is 385 g/mol. The van der Waals surface area contributed by atoms with Gasteiger partial charge in [-0.2, -0.15) is 9.29 Å². The van der Waals surface area contributed by atoms with Crippen LogP contribution >= 0.6 is 0 Å². The normalized spacial score (nSPS) is 15.4. The van der Waals surface area contributed by atoms with Gasteiger partial charge in [-0.25, -0.2) is 12.8 Å². The molecule has 0 atom stereocenters. The Morgan fingerprint density at radius 3 is 2.61 bits per heavy atom. The quantitative estimate of drug-likeness (QED) is 0.629. The second-order valence-electron chi connectivity index (χ2n) is 6.36. The van der Waals surface area contributed by atoms with E-state index < -0.39 is 10.0 Å². The third-order valence-corrected chi connectivity index (χ3v) is 6.38. The summed E-state index contributed by atoms with van der Waals surface area (Å²) in [5, 5.41) is 3.91. The zero-order chi connectivity index (χ0) is 19.7. The molecule has 0 unspecified atom stereocenters. The molecule has 1 fully saturated rings. The molecule has 2 heterocycles. The highest BCUT2D eigenvalue weighted by atomic mass is 32.2. The van der Waals surface area contributed by atoms with Gasteiger partial charge in [-0.15, -0.1) is 0 Å². The van der Waals surface area contributed by atoms with E-state index in [-0.39, 0.29) is 29.7 Å². The summed E-state index contributed by atoms with van der Waals surface area (Å²) < 4.78 is 50.9. The lowest BCUT2D eigenvalue weighted by atomic mass is 10.0. The number of rotatable bonds is 6. The van der Waals surface area contributed by atoms with Crippen molar-refractivity contribution in [3.63, 3.8) is 0 Å². The Morgan fingerprint density at radius 2 is 1.89 bits per heavy atom. The predicted octanol–water partition coefficient (Wildman–Crippen LogP) is 3.06. The number of sulfonamides is 1. The summed E-state index contributed by atoms with van der Waals surface area (Å²) in [6.45, 7) is 2.67. The average Bonchev–Trinajstić information content (AvgIpc) is 3.11. The van der Waals surface area contributed by atoms with Gasteiger partial charge in [-0.1, -0.05) is 17.3 Å². The van der Waals surface area contributed by atoms with E-state index in [9.17, 15) is 12.8 Å². The Bertz CT molecular complexity index is 1080. The second-order valence-corrected chi connectivity index (χ2v) is 8.27. The molecule has 1 saturated heterocycles. The zero-order valence-electron chi connectivity index (χ0n) is 15.1. The molecule has 0 radical (unpaired) electrons. The molecule has 0 spiro atoms. The van der Waals surface area contributed by atoms with Crippen molar-refractivity contribution in [3.8, 4) is 17.1 Å². The minimum Gasteiger partial charge on any atom is -0.492 e. The topological polar surface area (TPSA) is 85.5 Å². The van der Waals surface area contributed by atoms with Crippen LogP contribution in [0.5, 0.6) is 5.75 Å². The highest BCUT2D eigenvalue weighted by Gasteiger charge is 2.41. The van der Waals surface area contributed by atoms with Gasteiger partial charge in [0.15, 0.2) is 0 Å². The molecule has 7 nitrogen and oxygen atoms in total. The third kappa shape index (κ3) is 3.38. The van der Waals surface area contributed by atoms with E-state index in [4.69, 9.17) is 9.26 Å². The van der Waals surface area contributed by atoms with E-state index >= 15 is 0 Å². The van der Waals surface area contributed by atoms with E-state index in [0.29, 0.717) is 29.6 Å². The number of ether oxygens (including phenoxy) is 1. The van der Waals surface area contributed by atoms with Crippen LogP contribution in [0, 0.1) is 5.82 Å². The lowest BCUT2D eigenvalue weighted by Gasteiger charge is -2.36. The molecule has 0 aliphatic carbocycles. The summed E-state index contributed by atoms with van der Waals surface area (Å²) in [6, 6.07) is 12.3. The van der Waals surface area contributed by atoms with Crippen molar-refractivity contribution in [2.24, 2.45) is 0 Å². The van der Waals surface area contributed by atoms with Crippen molar-refractivity contribution >= 4 is 10.0 Å². The van der Waals surface area contributed by atoms with Crippen LogP contribution in [-0.2, 0) is 10.0 Å². The van der Waals surface area contributed by atoms with E-state index in [0.717, 1.165) is 0 Å². The fourth-order valence-corrected chi connectivity index (χ4v) is 4.65. The summed E-state index contributed by atoms with van der Waals surface area (Å²) in [5.74, 6) is 0.516. The Balaban J connectivity index is 1.48. The van der Waals surface area contributed by atoms with Crippen molar-refractivity contribution in [2.75, 3.05) is 19.7 Å². The van der Waals surface area contributed by atoms with Crippen LogP contribution in [0.1, 0.15) is 18.7 Å². The van der Waals surface area contributed by atoms with Crippen molar-refractivity contribution < 1.29 is 22.1 Å². The Labute approximate surface area is 161 Å². The molecule has 9 heteroatoms. The molecule has 1 aliphatic rings. The molecule has 3 aromatic rings. The standard InChI is InChI=1S/C19H18FN3O4S/c1-2-26-16-5-3-4-6-17(16)28(24,25)23-11-14(12-23)19-21-18(22-27-19)13-7-9-15(20)10-8-13/h3-10,14H,2,11-12H2,1H3. The van der Waals surface area contributed by atoms with Gasteiger partial charge in [0, 0.05) is 18.7 Å². The van der Waals surface area contributed by atoms with Crippen molar-refractivity contribution in [1.29, 1.82) is 0 Å². The van der Waals surface area contributed by atoms with Crippen LogP contribution < -0.4 is 4.74 Å². The first-order valence-corrected chi connectivity index (χ1v) is 10.2. The molecule has 2 aromatic carbocycles. The minimum atomic E-state index is -3.67. The van der Waals surface area contributed by atoms with E-state index in [1.54, 1.807) is 37.3 Å². The first kappa shape index (κ1) is 18.6. The second kappa shape index (κ2) is 7.33. The number of para-hydroxylation sites is 1. The minimum absolute atomic E-state index is 0.146. The van der Waals surface area contributed by atoms with Gasteiger partial charge in [-0.3, -0.25) is 0 Å². The molecule has 0 bridgehead atoms. The number of halogens is 1. The van der Waals surface area contributed by atoms with Crippen LogP contribution in [-0.4, -0.2) is 42.6 Å². The highest BCUT2D eigenvalue weighted by Crippen LogP contribution is 2.35. The fourth-order valence-electron chi connectivity index (χ4n) is 2.98. The fraction of sp³-hybridized carbons (Fsp3) is 0.263. The lowest BCUT2D eigenvalue weighted by Crippen LogP contribution is -2.48. The molecule has 4 rings (SSSR count). The number of benzene rings is 2. The van der Waals surface area contributed by atoms with Crippen LogP contribution in [0.15, 0.2) is 57.9 Å². The van der Waals surface area contributed by atoms with Crippen molar-refractivity contribution in [2.45, 2.75) is 17.7 Å². The Hall–Kier alpha value is -2.78. The van der Waals surface area contributed by atoms with Crippen LogP contribution in [0.3, 0.4) is 0 Å². The summed E-state index contributed by atoms with van der Waals surface area (Å²) in [5.41, 5.74) is 0.630. The molecule has 0 saturated carbocycles. The first-order valence-electron chi connectivity index (χ1n) is 8.80. The van der Waals surface area contributed by atoms with Crippen molar-refractivity contribution in [3.05, 3.63) is 60.2 Å². The predicted molar refractivity (Wildman–Crippen MR) is 98.8 cm³/mol. The van der Waals surface area contributed by atoms with E-state index in [1.165, 1.54) is 22.5 Å². The van der Waals surface area contributed by atoms with Gasteiger partial charge < -0.3 is 9.26 Å². The summed E-state index contributed by atoms with van der Waals surface area (Å²) >= 11 is 0. The number of hydrogen-bond donors (Lipinski definition) is 0. The molecule has 146 valence electrons. The number of aromatic nitrogens is 2. The SMILES string of the molecule is CCOc1ccccc1S(=O)(=O)N1CC(c2nc(-c3ccc(F)cc3)no2)C1. The molecule has 28 heavy (non-hydrogen) atoms. The zero-order valence-corrected chi connectivity index (χ0v) is 15.9. The van der Waals surface area contributed by atoms with Crippen LogP contribution in [0.2, 0.25) is 0 Å². The van der Waals surface area contributed by atoms with E-state index in [1.807, 2.05) is 0 Å². The Morgan fingerprint density at radius 1 is 1.18 bits per heavy atom. The maximum atomic E-state index is 13.0. The van der Waals surface area contributed by atoms with Gasteiger partial charge in [0.1, 0.15) is 16.5 Å². The molecule has 0 amide bonds. The first-order chi connectivity index (χ1) is 13.5. The van der Waals surface area contributed by atoms with Gasteiger partial charge in [0.05, 0.1) is 12.5 Å². The van der Waals surface area contributed by atoms with Crippen LogP contribution in [0.4, 0.5) is 4.39 Å². The summed E-state index contributed by atoms with van der Waals surface area (Å²) in [7, 11) is -3.67. The molecule has 1 aliphatic heterocycles. The van der Waals surface area contributed by atoms with Gasteiger partial charge in [0.25, 0.3) is 0 Å². The largest absolute Gasteiger partial charge is 0.492 e. The maximum Gasteiger partial charge on any atom is 0.246 e. The summed E-state index contributed by atoms with van der Waals surface area (Å²) in [4.78, 5) is 4.47. The number of nitrogens with zero attached hydrogens (tertiary/aromatic N) is 3. The molecule has 0 N–H and O–H groups in total. The summed E-state index contributed by atoms with van der Waals surface area (Å²) in [6.07, 6.45) is 0. The Kier molecular flexibility index (Phi) is 4.86. The van der Waals surface area contributed by atoms with E-state index in [2.05, 4.69) is 10.1 Å². The van der Waals surface area contributed by atoms with Gasteiger partial charge >= 0.3 is 0 Å². The third-order valence-electron chi connectivity index (χ3n) is 4.51. The maximum absolute atomic E-state index is 13.0. The molecule has 1 aromatic heterocycles. The van der Waals surface area contributed by atoms with Gasteiger partial charge in [-0.05, 0) is 43.3 Å². The lowest BCUT2D eigenvalue weighted by molar-refractivity contribution is 0.216. The monoisotopic (exact) mass is 403 g/mol. The average molecular weight is 403 g/mol. The van der Waals surface area contributed by atoms with Crippen LogP contribution in [0.25, 0.3) is 11.4 Å². The molecular formula is C19H18FN3O4S. The highest BCUT2D eigenvalue weighted by molar-refractivity contribution is 7.89. The van der Waals surface area contributed by atoms with Crippen molar-refractivity contribution in [1.82, 2.24) is 14.4 Å². The smallest absolute Gasteiger partial charge is 0.246 e. The number of hydrogen-bond acceptors (Lipinski definition) is 6. The van der Waals surface area contributed by atoms with Gasteiger partial charge in [0.2, 0.25) is 21.7 Å².